The summed E-state index contributed by atoms with van der Waals surface area (Å²) in [6.07, 6.45) is 4.79. The van der Waals surface area contributed by atoms with E-state index in [1.54, 1.807) is 6.33 Å². The van der Waals surface area contributed by atoms with E-state index in [1.165, 1.54) is 0 Å². The maximum Gasteiger partial charge on any atom is 0.143 e. The highest BCUT2D eigenvalue weighted by Gasteiger charge is 2.49. The molecule has 1 aromatic heterocycles. The van der Waals surface area contributed by atoms with Crippen LogP contribution in [0.4, 0.5) is 5.82 Å². The van der Waals surface area contributed by atoms with E-state index in [9.17, 15) is 0 Å². The highest BCUT2D eigenvalue weighted by molar-refractivity contribution is 14.1. The summed E-state index contributed by atoms with van der Waals surface area (Å²) in [6, 6.07) is 0.419. The Balaban J connectivity index is 2.01. The molecule has 17 heavy (non-hydrogen) atoms. The van der Waals surface area contributed by atoms with Gasteiger partial charge in [0.05, 0.1) is 9.67 Å². The van der Waals surface area contributed by atoms with E-state index in [2.05, 4.69) is 51.7 Å². The molecule has 0 radical (unpaired) electrons. The Morgan fingerprint density at radius 2 is 2.35 bits per heavy atom. The second-order valence-electron chi connectivity index (χ2n) is 4.92. The van der Waals surface area contributed by atoms with Crippen molar-refractivity contribution in [2.45, 2.75) is 39.3 Å². The molecule has 2 rings (SSSR count). The first-order valence-corrected chi connectivity index (χ1v) is 6.97. The van der Waals surface area contributed by atoms with Crippen molar-refractivity contribution in [3.8, 4) is 0 Å². The second kappa shape index (κ2) is 5.06. The fourth-order valence-electron chi connectivity index (χ4n) is 2.20. The van der Waals surface area contributed by atoms with Crippen molar-refractivity contribution >= 4 is 28.4 Å². The third-order valence-corrected chi connectivity index (χ3v) is 4.31. The third-order valence-electron chi connectivity index (χ3n) is 3.52. The molecule has 94 valence electrons. The summed E-state index contributed by atoms with van der Waals surface area (Å²) in [7, 11) is 0. The molecule has 0 amide bonds. The van der Waals surface area contributed by atoms with E-state index in [4.69, 9.17) is 4.74 Å². The van der Waals surface area contributed by atoms with Gasteiger partial charge in [0.15, 0.2) is 0 Å². The zero-order valence-corrected chi connectivity index (χ0v) is 12.6. The Bertz CT molecular complexity index is 397. The molecule has 1 saturated carbocycles. The normalized spacial score (nSPS) is 26.4. The standard InChI is InChI=1S/C12H18IN3O/c1-4-17-10-5-9(12(10,2)3)16-11-8(13)6-14-7-15-11/h6-7,9-10H,4-5H2,1-3H3,(H,14,15,16). The first-order chi connectivity index (χ1) is 8.05. The Morgan fingerprint density at radius 3 is 2.94 bits per heavy atom. The predicted octanol–water partition coefficient (Wildman–Crippen LogP) is 2.70. The quantitative estimate of drug-likeness (QED) is 0.851. The van der Waals surface area contributed by atoms with Crippen LogP contribution in [-0.2, 0) is 4.74 Å². The van der Waals surface area contributed by atoms with Gasteiger partial charge in [0.1, 0.15) is 12.1 Å². The first kappa shape index (κ1) is 13.0. The summed E-state index contributed by atoms with van der Waals surface area (Å²) < 4.78 is 6.77. The van der Waals surface area contributed by atoms with E-state index in [-0.39, 0.29) is 5.41 Å². The number of aromatic nitrogens is 2. The highest BCUT2D eigenvalue weighted by atomic mass is 127. The SMILES string of the molecule is CCOC1CC(Nc2ncncc2I)C1(C)C. The minimum Gasteiger partial charge on any atom is -0.378 e. The summed E-state index contributed by atoms with van der Waals surface area (Å²) in [5.41, 5.74) is 0.157. The van der Waals surface area contributed by atoms with Gasteiger partial charge < -0.3 is 10.1 Å². The molecule has 0 saturated heterocycles. The summed E-state index contributed by atoms with van der Waals surface area (Å²) >= 11 is 2.25. The number of nitrogens with one attached hydrogen (secondary N) is 1. The average Bonchev–Trinajstić information content (AvgIpc) is 2.30. The molecule has 1 aliphatic carbocycles. The highest BCUT2D eigenvalue weighted by Crippen LogP contribution is 2.44. The van der Waals surface area contributed by atoms with Gasteiger partial charge in [0, 0.05) is 24.3 Å². The van der Waals surface area contributed by atoms with E-state index in [0.29, 0.717) is 12.1 Å². The van der Waals surface area contributed by atoms with Crippen LogP contribution in [0.3, 0.4) is 0 Å². The smallest absolute Gasteiger partial charge is 0.143 e. The summed E-state index contributed by atoms with van der Waals surface area (Å²) in [6.45, 7) is 7.31. The molecule has 0 aliphatic heterocycles. The molecule has 5 heteroatoms. The van der Waals surface area contributed by atoms with Crippen molar-refractivity contribution < 1.29 is 4.74 Å². The molecule has 1 fully saturated rings. The lowest BCUT2D eigenvalue weighted by molar-refractivity contribution is -0.0976. The molecule has 0 bridgehead atoms. The van der Waals surface area contributed by atoms with Crippen molar-refractivity contribution in [1.29, 1.82) is 0 Å². The van der Waals surface area contributed by atoms with Gasteiger partial charge >= 0.3 is 0 Å². The summed E-state index contributed by atoms with van der Waals surface area (Å²) in [4.78, 5) is 8.26. The van der Waals surface area contributed by atoms with Crippen LogP contribution in [0.5, 0.6) is 0 Å². The van der Waals surface area contributed by atoms with E-state index < -0.39 is 0 Å². The Hall–Kier alpha value is -0.430. The van der Waals surface area contributed by atoms with Crippen LogP contribution in [0.25, 0.3) is 0 Å². The maximum absolute atomic E-state index is 5.72. The van der Waals surface area contributed by atoms with Crippen molar-refractivity contribution in [2.24, 2.45) is 5.41 Å². The average molecular weight is 347 g/mol. The predicted molar refractivity (Wildman–Crippen MR) is 76.0 cm³/mol. The molecule has 0 spiro atoms. The van der Waals surface area contributed by atoms with E-state index >= 15 is 0 Å². The summed E-state index contributed by atoms with van der Waals surface area (Å²) in [5, 5.41) is 3.49. The van der Waals surface area contributed by atoms with Gasteiger partial charge in [-0.1, -0.05) is 13.8 Å². The van der Waals surface area contributed by atoms with Gasteiger partial charge in [0.25, 0.3) is 0 Å². The van der Waals surface area contributed by atoms with Crippen molar-refractivity contribution in [3.05, 3.63) is 16.1 Å². The van der Waals surface area contributed by atoms with Crippen LogP contribution >= 0.6 is 22.6 Å². The third kappa shape index (κ3) is 2.54. The zero-order valence-electron chi connectivity index (χ0n) is 10.4. The molecule has 2 unspecified atom stereocenters. The van der Waals surface area contributed by atoms with Crippen LogP contribution in [0, 0.1) is 8.99 Å². The molecule has 4 nitrogen and oxygen atoms in total. The van der Waals surface area contributed by atoms with Gasteiger partial charge in [0.2, 0.25) is 0 Å². The number of hydrogen-bond donors (Lipinski definition) is 1. The zero-order chi connectivity index (χ0) is 12.5. The number of nitrogens with zero attached hydrogens (tertiary/aromatic N) is 2. The molecular formula is C12H18IN3O. The molecular weight excluding hydrogens is 329 g/mol. The Morgan fingerprint density at radius 1 is 1.59 bits per heavy atom. The lowest BCUT2D eigenvalue weighted by Gasteiger charge is -2.51. The lowest BCUT2D eigenvalue weighted by Crippen LogP contribution is -2.58. The monoisotopic (exact) mass is 347 g/mol. The summed E-state index contributed by atoms with van der Waals surface area (Å²) in [5.74, 6) is 0.925. The lowest BCUT2D eigenvalue weighted by atomic mass is 9.64. The molecule has 1 heterocycles. The van der Waals surface area contributed by atoms with Crippen LogP contribution in [-0.4, -0.2) is 28.7 Å². The molecule has 2 atom stereocenters. The number of anilines is 1. The molecule has 1 N–H and O–H groups in total. The minimum atomic E-state index is 0.157. The largest absolute Gasteiger partial charge is 0.378 e. The molecule has 1 aromatic rings. The van der Waals surface area contributed by atoms with Crippen LogP contribution in [0.15, 0.2) is 12.5 Å². The second-order valence-corrected chi connectivity index (χ2v) is 6.08. The number of ether oxygens (including phenoxy) is 1. The van der Waals surface area contributed by atoms with Crippen molar-refractivity contribution in [3.63, 3.8) is 0 Å². The van der Waals surface area contributed by atoms with Gasteiger partial charge in [-0.25, -0.2) is 9.97 Å². The Labute approximate surface area is 116 Å². The van der Waals surface area contributed by atoms with Crippen LogP contribution in [0.1, 0.15) is 27.2 Å². The fraction of sp³-hybridized carbons (Fsp3) is 0.667. The number of halogens is 1. The van der Waals surface area contributed by atoms with Gasteiger partial charge in [-0.05, 0) is 35.9 Å². The van der Waals surface area contributed by atoms with Crippen LogP contribution in [0.2, 0.25) is 0 Å². The van der Waals surface area contributed by atoms with E-state index in [0.717, 1.165) is 22.4 Å². The van der Waals surface area contributed by atoms with Crippen molar-refractivity contribution in [1.82, 2.24) is 9.97 Å². The first-order valence-electron chi connectivity index (χ1n) is 5.89. The maximum atomic E-state index is 5.72. The molecule has 0 aromatic carbocycles. The number of rotatable bonds is 4. The van der Waals surface area contributed by atoms with Gasteiger partial charge in [-0.15, -0.1) is 0 Å². The topological polar surface area (TPSA) is 47.0 Å². The molecule has 1 aliphatic rings. The number of hydrogen-bond acceptors (Lipinski definition) is 4. The Kier molecular flexibility index (Phi) is 3.87. The fourth-order valence-corrected chi connectivity index (χ4v) is 2.65. The van der Waals surface area contributed by atoms with Crippen molar-refractivity contribution in [2.75, 3.05) is 11.9 Å². The van der Waals surface area contributed by atoms with Crippen LogP contribution < -0.4 is 5.32 Å². The minimum absolute atomic E-state index is 0.157. The van der Waals surface area contributed by atoms with E-state index in [1.807, 2.05) is 13.1 Å². The van der Waals surface area contributed by atoms with Gasteiger partial charge in [-0.2, -0.15) is 0 Å². The van der Waals surface area contributed by atoms with Gasteiger partial charge in [-0.3, -0.25) is 0 Å².